The second-order valence-corrected chi connectivity index (χ2v) is 9.09. The highest BCUT2D eigenvalue weighted by molar-refractivity contribution is 7.89. The zero-order chi connectivity index (χ0) is 23.6. The Morgan fingerprint density at radius 2 is 1.88 bits per heavy atom. The van der Waals surface area contributed by atoms with Gasteiger partial charge in [-0.1, -0.05) is 17.7 Å². The standard InChI is InChI=1S/C21H27N3O6S2/c1-3-29-20(26)17(23-21(31)24-19(25)18-8-6-14-30-18)7-4-5-13-22-32(27,28)16-11-9-15(2)10-12-16/h6,8-12,14,17,22H,3-5,7,13H2,1-2H3,(H2,23,24,25,31). The topological polar surface area (TPSA) is 127 Å². The molecular weight excluding hydrogens is 454 g/mol. The highest BCUT2D eigenvalue weighted by atomic mass is 32.2. The van der Waals surface area contributed by atoms with Gasteiger partial charge in [-0.05, 0) is 69.6 Å². The molecule has 9 nitrogen and oxygen atoms in total. The van der Waals surface area contributed by atoms with E-state index in [9.17, 15) is 18.0 Å². The van der Waals surface area contributed by atoms with Gasteiger partial charge >= 0.3 is 5.97 Å². The summed E-state index contributed by atoms with van der Waals surface area (Å²) in [6.45, 7) is 3.97. The highest BCUT2D eigenvalue weighted by Gasteiger charge is 2.22. The van der Waals surface area contributed by atoms with Crippen LogP contribution in [0, 0.1) is 6.92 Å². The summed E-state index contributed by atoms with van der Waals surface area (Å²) in [6.07, 6.45) is 2.71. The first kappa shape index (κ1) is 25.5. The van der Waals surface area contributed by atoms with Crippen molar-refractivity contribution < 1.29 is 27.2 Å². The fourth-order valence-corrected chi connectivity index (χ4v) is 4.05. The zero-order valence-corrected chi connectivity index (χ0v) is 19.6. The fraction of sp³-hybridized carbons (Fsp3) is 0.381. The Kier molecular flexibility index (Phi) is 9.82. The number of amides is 1. The Bertz CT molecular complexity index is 1000. The summed E-state index contributed by atoms with van der Waals surface area (Å²) in [5, 5.41) is 5.18. The van der Waals surface area contributed by atoms with E-state index in [4.69, 9.17) is 21.4 Å². The molecule has 1 atom stereocenters. The van der Waals surface area contributed by atoms with Gasteiger partial charge in [-0.3, -0.25) is 10.1 Å². The largest absolute Gasteiger partial charge is 0.464 e. The zero-order valence-electron chi connectivity index (χ0n) is 17.9. The lowest BCUT2D eigenvalue weighted by Gasteiger charge is -2.19. The van der Waals surface area contributed by atoms with Gasteiger partial charge in [0.25, 0.3) is 5.91 Å². The van der Waals surface area contributed by atoms with E-state index in [0.717, 1.165) is 5.56 Å². The van der Waals surface area contributed by atoms with E-state index in [2.05, 4.69) is 15.4 Å². The molecule has 1 amide bonds. The maximum Gasteiger partial charge on any atom is 0.328 e. The number of ether oxygens (including phenoxy) is 1. The molecule has 32 heavy (non-hydrogen) atoms. The van der Waals surface area contributed by atoms with Crippen molar-refractivity contribution in [2.24, 2.45) is 0 Å². The molecular formula is C21H27N3O6S2. The van der Waals surface area contributed by atoms with E-state index in [-0.39, 0.29) is 28.9 Å². The number of carbonyl (C=O) groups excluding carboxylic acids is 2. The summed E-state index contributed by atoms with van der Waals surface area (Å²) in [7, 11) is -3.59. The van der Waals surface area contributed by atoms with Crippen molar-refractivity contribution in [3.8, 4) is 0 Å². The van der Waals surface area contributed by atoms with Gasteiger partial charge in [0.05, 0.1) is 17.8 Å². The van der Waals surface area contributed by atoms with Crippen LogP contribution < -0.4 is 15.4 Å². The number of hydrogen-bond donors (Lipinski definition) is 3. The van der Waals surface area contributed by atoms with Gasteiger partial charge in [-0.2, -0.15) is 0 Å². The summed E-state index contributed by atoms with van der Waals surface area (Å²) in [6, 6.07) is 8.84. The predicted octanol–water partition coefficient (Wildman–Crippen LogP) is 2.27. The molecule has 0 bridgehead atoms. The Balaban J connectivity index is 1.82. The number of furan rings is 1. The molecule has 0 radical (unpaired) electrons. The third-order valence-electron chi connectivity index (χ3n) is 4.39. The van der Waals surface area contributed by atoms with E-state index >= 15 is 0 Å². The number of sulfonamides is 1. The van der Waals surface area contributed by atoms with E-state index in [1.807, 2.05) is 6.92 Å². The van der Waals surface area contributed by atoms with Crippen LogP contribution in [0.1, 0.15) is 42.3 Å². The lowest BCUT2D eigenvalue weighted by Crippen LogP contribution is -2.48. The molecule has 11 heteroatoms. The Labute approximate surface area is 193 Å². The number of hydrogen-bond acceptors (Lipinski definition) is 7. The summed E-state index contributed by atoms with van der Waals surface area (Å²) < 4.78 is 37.2. The van der Waals surface area contributed by atoms with E-state index in [1.165, 1.54) is 12.3 Å². The molecule has 3 N–H and O–H groups in total. The first-order chi connectivity index (χ1) is 15.2. The number of unbranched alkanes of at least 4 members (excludes halogenated alkanes) is 1. The molecule has 0 fully saturated rings. The van der Waals surface area contributed by atoms with Crippen molar-refractivity contribution in [1.29, 1.82) is 0 Å². The molecule has 0 saturated carbocycles. The van der Waals surface area contributed by atoms with Gasteiger partial charge in [-0.25, -0.2) is 17.9 Å². The van der Waals surface area contributed by atoms with Crippen LogP contribution in [-0.4, -0.2) is 44.6 Å². The molecule has 174 valence electrons. The molecule has 1 heterocycles. The van der Waals surface area contributed by atoms with Gasteiger partial charge in [0.1, 0.15) is 6.04 Å². The average Bonchev–Trinajstić information content (AvgIpc) is 3.28. The van der Waals surface area contributed by atoms with Crippen molar-refractivity contribution in [3.63, 3.8) is 0 Å². The second-order valence-electron chi connectivity index (χ2n) is 6.92. The van der Waals surface area contributed by atoms with Crippen molar-refractivity contribution in [2.75, 3.05) is 13.2 Å². The SMILES string of the molecule is CCOC(=O)C(CCCCNS(=O)(=O)c1ccc(C)cc1)NC(=S)NC(=O)c1ccco1. The van der Waals surface area contributed by atoms with Crippen molar-refractivity contribution in [3.05, 3.63) is 54.0 Å². The lowest BCUT2D eigenvalue weighted by molar-refractivity contribution is -0.145. The Morgan fingerprint density at radius 1 is 1.16 bits per heavy atom. The minimum atomic E-state index is -3.59. The van der Waals surface area contributed by atoms with Crippen LogP contribution in [0.2, 0.25) is 0 Å². The molecule has 0 aliphatic heterocycles. The average molecular weight is 482 g/mol. The minimum Gasteiger partial charge on any atom is -0.464 e. The first-order valence-electron chi connectivity index (χ1n) is 10.1. The van der Waals surface area contributed by atoms with Crippen LogP contribution in [-0.2, 0) is 19.6 Å². The van der Waals surface area contributed by atoms with Crippen LogP contribution in [0.5, 0.6) is 0 Å². The number of esters is 1. The molecule has 2 aromatic rings. The number of thiocarbonyl (C=S) groups is 1. The molecule has 1 unspecified atom stereocenters. The molecule has 2 rings (SSSR count). The van der Waals surface area contributed by atoms with Crippen LogP contribution in [0.15, 0.2) is 52.0 Å². The monoisotopic (exact) mass is 481 g/mol. The molecule has 0 aliphatic carbocycles. The number of aryl methyl sites for hydroxylation is 1. The van der Waals surface area contributed by atoms with Crippen molar-refractivity contribution >= 4 is 39.2 Å². The maximum atomic E-state index is 12.3. The number of benzene rings is 1. The van der Waals surface area contributed by atoms with Crippen LogP contribution in [0.3, 0.4) is 0 Å². The third kappa shape index (κ3) is 8.06. The smallest absolute Gasteiger partial charge is 0.328 e. The lowest BCUT2D eigenvalue weighted by atomic mass is 10.1. The van der Waals surface area contributed by atoms with Crippen LogP contribution in [0.25, 0.3) is 0 Å². The summed E-state index contributed by atoms with van der Waals surface area (Å²) in [4.78, 5) is 24.5. The van der Waals surface area contributed by atoms with Gasteiger partial charge in [-0.15, -0.1) is 0 Å². The Morgan fingerprint density at radius 3 is 2.50 bits per heavy atom. The normalized spacial score (nSPS) is 12.1. The number of nitrogens with one attached hydrogen (secondary N) is 3. The Hall–Kier alpha value is -2.76. The first-order valence-corrected chi connectivity index (χ1v) is 12.0. The molecule has 1 aromatic carbocycles. The van der Waals surface area contributed by atoms with Gasteiger partial charge in [0.2, 0.25) is 10.0 Å². The molecule has 0 saturated heterocycles. The summed E-state index contributed by atoms with van der Waals surface area (Å²) in [5.41, 5.74) is 0.972. The summed E-state index contributed by atoms with van der Waals surface area (Å²) in [5.74, 6) is -0.967. The molecule has 0 spiro atoms. The van der Waals surface area contributed by atoms with Crippen molar-refractivity contribution in [1.82, 2.24) is 15.4 Å². The van der Waals surface area contributed by atoms with E-state index in [1.54, 1.807) is 37.3 Å². The number of carbonyl (C=O) groups is 2. The highest BCUT2D eigenvalue weighted by Crippen LogP contribution is 2.10. The van der Waals surface area contributed by atoms with Gasteiger partial charge in [0, 0.05) is 6.54 Å². The molecule has 1 aromatic heterocycles. The van der Waals surface area contributed by atoms with E-state index in [0.29, 0.717) is 19.3 Å². The summed E-state index contributed by atoms with van der Waals surface area (Å²) >= 11 is 5.11. The van der Waals surface area contributed by atoms with Gasteiger partial charge < -0.3 is 14.5 Å². The fourth-order valence-electron chi connectivity index (χ4n) is 2.74. The van der Waals surface area contributed by atoms with E-state index < -0.39 is 27.9 Å². The number of rotatable bonds is 11. The van der Waals surface area contributed by atoms with Crippen LogP contribution in [0.4, 0.5) is 0 Å². The second kappa shape index (κ2) is 12.3. The maximum absolute atomic E-state index is 12.3. The van der Waals surface area contributed by atoms with Crippen molar-refractivity contribution in [2.45, 2.75) is 44.0 Å². The van der Waals surface area contributed by atoms with Crippen LogP contribution >= 0.6 is 12.2 Å². The third-order valence-corrected chi connectivity index (χ3v) is 6.09. The molecule has 0 aliphatic rings. The minimum absolute atomic E-state index is 0.0375. The quantitative estimate of drug-likeness (QED) is 0.253. The van der Waals surface area contributed by atoms with Gasteiger partial charge in [0.15, 0.2) is 10.9 Å². The predicted molar refractivity (Wildman–Crippen MR) is 123 cm³/mol.